The van der Waals surface area contributed by atoms with Crippen LogP contribution in [0.25, 0.3) is 22.2 Å². The van der Waals surface area contributed by atoms with E-state index in [-0.39, 0.29) is 23.9 Å². The van der Waals surface area contributed by atoms with Crippen molar-refractivity contribution < 1.29 is 9.53 Å². The Balaban J connectivity index is 1.37. The van der Waals surface area contributed by atoms with Gasteiger partial charge in [0.15, 0.2) is 11.9 Å². The summed E-state index contributed by atoms with van der Waals surface area (Å²) in [5.41, 5.74) is 14.3. The summed E-state index contributed by atoms with van der Waals surface area (Å²) in [6, 6.07) is 7.96. The fraction of sp³-hybridized carbons (Fsp3) is 0.478. The molecule has 5 rings (SSSR count). The molecule has 0 bridgehead atoms. The lowest BCUT2D eigenvalue weighted by Gasteiger charge is -2.38. The number of aromatic nitrogens is 4. The standard InChI is InChI=1S/C23H30N8O2/c1-13-12-33-19(22(32)26-15-5-3-2-4-6-15)11-31(13)20-10-17(27-23(25)28-20)14-7-8-16-18(9-14)29-30-21(16)24/h7-10,13,15,19H,2-6,11-12H2,1H3,(H,26,32)(H3,24,29,30)(H2,25,27,28)/t13-,19+/m1/s1. The van der Waals surface area contributed by atoms with Gasteiger partial charge in [0, 0.05) is 23.1 Å². The van der Waals surface area contributed by atoms with Crippen LogP contribution >= 0.6 is 0 Å². The van der Waals surface area contributed by atoms with E-state index in [1.54, 1.807) is 0 Å². The van der Waals surface area contributed by atoms with Gasteiger partial charge in [-0.1, -0.05) is 25.3 Å². The van der Waals surface area contributed by atoms with Gasteiger partial charge in [-0.25, -0.2) is 4.98 Å². The molecule has 0 unspecified atom stereocenters. The molecule has 0 radical (unpaired) electrons. The molecule has 1 saturated heterocycles. The summed E-state index contributed by atoms with van der Waals surface area (Å²) in [4.78, 5) is 23.9. The fourth-order valence-corrected chi connectivity index (χ4v) is 4.72. The van der Waals surface area contributed by atoms with Crippen molar-refractivity contribution in [1.82, 2.24) is 25.5 Å². The zero-order chi connectivity index (χ0) is 22.9. The first-order valence-electron chi connectivity index (χ1n) is 11.5. The van der Waals surface area contributed by atoms with Crippen LogP contribution in [0, 0.1) is 0 Å². The van der Waals surface area contributed by atoms with E-state index in [4.69, 9.17) is 16.2 Å². The summed E-state index contributed by atoms with van der Waals surface area (Å²) in [6.45, 7) is 2.89. The van der Waals surface area contributed by atoms with Gasteiger partial charge in [-0.15, -0.1) is 0 Å². The van der Waals surface area contributed by atoms with Crippen molar-refractivity contribution in [1.29, 1.82) is 0 Å². The molecule has 2 aliphatic rings. The third kappa shape index (κ3) is 4.43. The molecular weight excluding hydrogens is 420 g/mol. The number of carbonyl (C=O) groups is 1. The summed E-state index contributed by atoms with van der Waals surface area (Å²) in [5, 5.41) is 11.0. The first kappa shape index (κ1) is 21.4. The largest absolute Gasteiger partial charge is 0.382 e. The highest BCUT2D eigenvalue weighted by Crippen LogP contribution is 2.29. The number of anilines is 3. The minimum Gasteiger partial charge on any atom is -0.382 e. The third-order valence-corrected chi connectivity index (χ3v) is 6.59. The second kappa shape index (κ2) is 8.86. The number of hydrogen-bond acceptors (Lipinski definition) is 8. The Labute approximate surface area is 192 Å². The topological polar surface area (TPSA) is 148 Å². The molecule has 2 atom stereocenters. The van der Waals surface area contributed by atoms with E-state index < -0.39 is 6.10 Å². The first-order chi connectivity index (χ1) is 16.0. The number of nitrogens with zero attached hydrogens (tertiary/aromatic N) is 4. The SMILES string of the molecule is C[C@@H]1CO[C@H](C(=O)NC2CCCCC2)CN1c1cc(-c2ccc3c(N)n[nH]c3c2)nc(N)n1. The van der Waals surface area contributed by atoms with Gasteiger partial charge in [-0.05, 0) is 31.9 Å². The monoisotopic (exact) mass is 450 g/mol. The summed E-state index contributed by atoms with van der Waals surface area (Å²) in [5.74, 6) is 1.25. The highest BCUT2D eigenvalue weighted by molar-refractivity contribution is 5.91. The number of rotatable bonds is 4. The maximum absolute atomic E-state index is 12.9. The van der Waals surface area contributed by atoms with Crippen molar-refractivity contribution in [2.45, 2.75) is 57.2 Å². The molecule has 3 heterocycles. The number of benzene rings is 1. The molecule has 10 nitrogen and oxygen atoms in total. The molecular formula is C23H30N8O2. The Hall–Kier alpha value is -3.40. The second-order valence-electron chi connectivity index (χ2n) is 9.01. The maximum Gasteiger partial charge on any atom is 0.251 e. The number of carbonyl (C=O) groups excluding carboxylic acids is 1. The lowest BCUT2D eigenvalue weighted by Crippen LogP contribution is -2.55. The Bertz CT molecular complexity index is 1160. The van der Waals surface area contributed by atoms with Crippen LogP contribution in [0.5, 0.6) is 0 Å². The number of aromatic amines is 1. The Kier molecular flexibility index (Phi) is 5.76. The van der Waals surface area contributed by atoms with Crippen LogP contribution in [0.15, 0.2) is 24.3 Å². The number of nitrogens with one attached hydrogen (secondary N) is 2. The van der Waals surface area contributed by atoms with Gasteiger partial charge in [0.1, 0.15) is 5.82 Å². The van der Waals surface area contributed by atoms with Crippen molar-refractivity contribution in [3.05, 3.63) is 24.3 Å². The van der Waals surface area contributed by atoms with Gasteiger partial charge >= 0.3 is 0 Å². The van der Waals surface area contributed by atoms with Gasteiger partial charge in [0.05, 0.1) is 30.4 Å². The number of fused-ring (bicyclic) bond motifs is 1. The normalized spacial score (nSPS) is 21.9. The molecule has 0 spiro atoms. The third-order valence-electron chi connectivity index (χ3n) is 6.59. The number of amides is 1. The van der Waals surface area contributed by atoms with E-state index in [0.717, 1.165) is 29.3 Å². The van der Waals surface area contributed by atoms with Crippen LogP contribution in [-0.4, -0.2) is 57.4 Å². The quantitative estimate of drug-likeness (QED) is 0.473. The molecule has 2 aromatic heterocycles. The van der Waals surface area contributed by atoms with Crippen molar-refractivity contribution in [2.75, 3.05) is 29.5 Å². The van der Waals surface area contributed by atoms with E-state index in [1.165, 1.54) is 19.3 Å². The van der Waals surface area contributed by atoms with Crippen LogP contribution < -0.4 is 21.7 Å². The molecule has 6 N–H and O–H groups in total. The molecule has 1 aliphatic heterocycles. The first-order valence-corrected chi connectivity index (χ1v) is 11.5. The van der Waals surface area contributed by atoms with Crippen molar-refractivity contribution in [2.24, 2.45) is 0 Å². The Morgan fingerprint density at radius 1 is 1.18 bits per heavy atom. The lowest BCUT2D eigenvalue weighted by atomic mass is 9.95. The average Bonchev–Trinajstić information content (AvgIpc) is 3.19. The summed E-state index contributed by atoms with van der Waals surface area (Å²) in [6.07, 6.45) is 5.11. The summed E-state index contributed by atoms with van der Waals surface area (Å²) < 4.78 is 5.89. The number of hydrogen-bond donors (Lipinski definition) is 4. The number of H-pyrrole nitrogens is 1. The summed E-state index contributed by atoms with van der Waals surface area (Å²) >= 11 is 0. The minimum absolute atomic E-state index is 0.0424. The Morgan fingerprint density at radius 3 is 2.82 bits per heavy atom. The summed E-state index contributed by atoms with van der Waals surface area (Å²) in [7, 11) is 0. The van der Waals surface area contributed by atoms with Crippen molar-refractivity contribution in [3.63, 3.8) is 0 Å². The molecule has 1 aromatic carbocycles. The van der Waals surface area contributed by atoms with Gasteiger partial charge < -0.3 is 26.4 Å². The smallest absolute Gasteiger partial charge is 0.251 e. The highest BCUT2D eigenvalue weighted by atomic mass is 16.5. The van der Waals surface area contributed by atoms with E-state index in [0.29, 0.717) is 30.5 Å². The molecule has 1 saturated carbocycles. The van der Waals surface area contributed by atoms with Crippen LogP contribution in [0.2, 0.25) is 0 Å². The molecule has 33 heavy (non-hydrogen) atoms. The second-order valence-corrected chi connectivity index (χ2v) is 9.01. The molecule has 10 heteroatoms. The highest BCUT2D eigenvalue weighted by Gasteiger charge is 2.33. The predicted molar refractivity (Wildman–Crippen MR) is 128 cm³/mol. The maximum atomic E-state index is 12.9. The lowest BCUT2D eigenvalue weighted by molar-refractivity contribution is -0.135. The van der Waals surface area contributed by atoms with Crippen LogP contribution in [-0.2, 0) is 9.53 Å². The van der Waals surface area contributed by atoms with Crippen LogP contribution in [0.1, 0.15) is 39.0 Å². The molecule has 174 valence electrons. The van der Waals surface area contributed by atoms with Crippen molar-refractivity contribution in [3.8, 4) is 11.3 Å². The average molecular weight is 451 g/mol. The minimum atomic E-state index is -0.549. The van der Waals surface area contributed by atoms with Gasteiger partial charge in [0.25, 0.3) is 5.91 Å². The number of morpholine rings is 1. The van der Waals surface area contributed by atoms with Crippen LogP contribution in [0.3, 0.4) is 0 Å². The van der Waals surface area contributed by atoms with Crippen molar-refractivity contribution >= 4 is 34.4 Å². The molecule has 1 amide bonds. The molecule has 1 aliphatic carbocycles. The van der Waals surface area contributed by atoms with E-state index in [9.17, 15) is 4.79 Å². The zero-order valence-corrected chi connectivity index (χ0v) is 18.8. The van der Waals surface area contributed by atoms with Gasteiger partial charge in [-0.3, -0.25) is 9.89 Å². The Morgan fingerprint density at radius 2 is 2.00 bits per heavy atom. The molecule has 3 aromatic rings. The van der Waals surface area contributed by atoms with E-state index >= 15 is 0 Å². The number of nitrogens with two attached hydrogens (primary N) is 2. The van der Waals surface area contributed by atoms with Gasteiger partial charge in [-0.2, -0.15) is 10.1 Å². The number of ether oxygens (including phenoxy) is 1. The van der Waals surface area contributed by atoms with E-state index in [1.807, 2.05) is 31.2 Å². The van der Waals surface area contributed by atoms with Crippen LogP contribution in [0.4, 0.5) is 17.6 Å². The zero-order valence-electron chi connectivity index (χ0n) is 18.8. The predicted octanol–water partition coefficient (Wildman–Crippen LogP) is 2.23. The molecule has 2 fully saturated rings. The van der Waals surface area contributed by atoms with Gasteiger partial charge in [0.2, 0.25) is 5.95 Å². The number of nitrogen functional groups attached to an aromatic ring is 2. The van der Waals surface area contributed by atoms with E-state index in [2.05, 4.69) is 30.4 Å². The fourth-order valence-electron chi connectivity index (χ4n) is 4.72.